The summed E-state index contributed by atoms with van der Waals surface area (Å²) in [6, 6.07) is 5.84. The van der Waals surface area contributed by atoms with Crippen molar-refractivity contribution in [1.82, 2.24) is 14.4 Å². The summed E-state index contributed by atoms with van der Waals surface area (Å²) >= 11 is 3.16. The first kappa shape index (κ1) is 10.8. The topological polar surface area (TPSA) is 56.2 Å². The average Bonchev–Trinajstić information content (AvgIpc) is 2.90. The molecule has 0 amide bonds. The highest BCUT2D eigenvalue weighted by atomic mass is 32.2. The molecule has 17 heavy (non-hydrogen) atoms. The van der Waals surface area contributed by atoms with Crippen LogP contribution in [0.2, 0.25) is 0 Å². The molecule has 86 valence electrons. The molecular formula is C11H10N4S2. The lowest BCUT2D eigenvalue weighted by atomic mass is 10.5. The largest absolute Gasteiger partial charge is 0.325 e. The zero-order valence-corrected chi connectivity index (χ0v) is 10.5. The van der Waals surface area contributed by atoms with E-state index in [1.165, 1.54) is 0 Å². The average molecular weight is 262 g/mol. The number of aromatic nitrogens is 3. The van der Waals surface area contributed by atoms with Crippen molar-refractivity contribution in [2.45, 2.75) is 16.6 Å². The molecule has 3 rings (SSSR count). The molecule has 0 spiro atoms. The number of fused-ring (bicyclic) bond motifs is 1. The van der Waals surface area contributed by atoms with E-state index in [4.69, 9.17) is 5.73 Å². The maximum atomic E-state index is 5.78. The molecule has 0 aliphatic carbocycles. The van der Waals surface area contributed by atoms with Crippen LogP contribution in [-0.2, 0) is 6.54 Å². The molecule has 2 N–H and O–H groups in total. The van der Waals surface area contributed by atoms with Gasteiger partial charge in [0.15, 0.2) is 4.96 Å². The third-order valence-corrected chi connectivity index (χ3v) is 4.08. The quantitative estimate of drug-likeness (QED) is 0.787. The Morgan fingerprint density at radius 1 is 1.41 bits per heavy atom. The van der Waals surface area contributed by atoms with Crippen molar-refractivity contribution in [3.63, 3.8) is 0 Å². The summed E-state index contributed by atoms with van der Waals surface area (Å²) in [6.07, 6.45) is 3.78. The molecule has 0 atom stereocenters. The van der Waals surface area contributed by atoms with E-state index in [0.29, 0.717) is 6.54 Å². The fourth-order valence-electron chi connectivity index (χ4n) is 1.59. The molecule has 0 aromatic carbocycles. The van der Waals surface area contributed by atoms with Gasteiger partial charge in [-0.05, 0) is 23.9 Å². The van der Waals surface area contributed by atoms with Crippen LogP contribution in [0.15, 0.2) is 46.0 Å². The number of rotatable bonds is 3. The Kier molecular flexibility index (Phi) is 2.84. The molecule has 3 heterocycles. The Bertz CT molecular complexity index is 629. The van der Waals surface area contributed by atoms with Gasteiger partial charge in [-0.15, -0.1) is 11.3 Å². The molecule has 0 saturated carbocycles. The lowest BCUT2D eigenvalue weighted by Crippen LogP contribution is -2.01. The third-order valence-electron chi connectivity index (χ3n) is 2.36. The van der Waals surface area contributed by atoms with Crippen LogP contribution in [0.1, 0.15) is 5.69 Å². The van der Waals surface area contributed by atoms with Crippen LogP contribution in [0.5, 0.6) is 0 Å². The van der Waals surface area contributed by atoms with Gasteiger partial charge in [0.1, 0.15) is 10.1 Å². The van der Waals surface area contributed by atoms with E-state index in [-0.39, 0.29) is 0 Å². The molecule has 6 heteroatoms. The Morgan fingerprint density at radius 2 is 2.35 bits per heavy atom. The summed E-state index contributed by atoms with van der Waals surface area (Å²) < 4.78 is 2.04. The first-order valence-corrected chi connectivity index (χ1v) is 6.81. The van der Waals surface area contributed by atoms with E-state index in [2.05, 4.69) is 9.97 Å². The summed E-state index contributed by atoms with van der Waals surface area (Å²) in [4.78, 5) is 9.82. The molecule has 0 unspecified atom stereocenters. The Hall–Kier alpha value is -1.37. The van der Waals surface area contributed by atoms with Gasteiger partial charge in [-0.25, -0.2) is 9.97 Å². The molecule has 3 aromatic heterocycles. The highest BCUT2D eigenvalue weighted by Gasteiger charge is 2.13. The number of hydrogen-bond donors (Lipinski definition) is 1. The van der Waals surface area contributed by atoms with E-state index >= 15 is 0 Å². The number of hydrogen-bond acceptors (Lipinski definition) is 5. The van der Waals surface area contributed by atoms with Crippen LogP contribution in [-0.4, -0.2) is 14.4 Å². The number of pyridine rings is 1. The molecule has 4 nitrogen and oxygen atoms in total. The predicted octanol–water partition coefficient (Wildman–Crippen LogP) is 2.40. The van der Waals surface area contributed by atoms with Gasteiger partial charge in [0, 0.05) is 24.3 Å². The Balaban J connectivity index is 2.02. The zero-order chi connectivity index (χ0) is 11.7. The lowest BCUT2D eigenvalue weighted by molar-refractivity contribution is 0.923. The summed E-state index contributed by atoms with van der Waals surface area (Å²) in [5, 5.41) is 3.89. The minimum absolute atomic E-state index is 0.479. The van der Waals surface area contributed by atoms with E-state index in [9.17, 15) is 0 Å². The maximum Gasteiger partial charge on any atom is 0.194 e. The predicted molar refractivity (Wildman–Crippen MR) is 69.3 cm³/mol. The molecule has 0 bridgehead atoms. The lowest BCUT2D eigenvalue weighted by Gasteiger charge is -1.99. The number of nitrogens with two attached hydrogens (primary N) is 1. The highest BCUT2D eigenvalue weighted by Crippen LogP contribution is 2.30. The van der Waals surface area contributed by atoms with Gasteiger partial charge in [0.05, 0.1) is 5.69 Å². The normalized spacial score (nSPS) is 11.1. The summed E-state index contributed by atoms with van der Waals surface area (Å²) in [7, 11) is 0. The second-order valence-electron chi connectivity index (χ2n) is 3.39. The van der Waals surface area contributed by atoms with Crippen LogP contribution in [0.25, 0.3) is 4.96 Å². The first-order valence-electron chi connectivity index (χ1n) is 5.12. The number of imidazole rings is 1. The minimum Gasteiger partial charge on any atom is -0.325 e. The minimum atomic E-state index is 0.479. The highest BCUT2D eigenvalue weighted by molar-refractivity contribution is 7.99. The van der Waals surface area contributed by atoms with Gasteiger partial charge in [-0.3, -0.25) is 4.40 Å². The van der Waals surface area contributed by atoms with Crippen LogP contribution >= 0.6 is 23.1 Å². The monoisotopic (exact) mass is 262 g/mol. The second-order valence-corrected chi connectivity index (χ2v) is 5.28. The first-order chi connectivity index (χ1) is 8.38. The van der Waals surface area contributed by atoms with E-state index in [0.717, 1.165) is 20.7 Å². The fraction of sp³-hybridized carbons (Fsp3) is 0.0909. The second kappa shape index (κ2) is 4.48. The van der Waals surface area contributed by atoms with Gasteiger partial charge < -0.3 is 5.73 Å². The van der Waals surface area contributed by atoms with Gasteiger partial charge in [0.2, 0.25) is 0 Å². The zero-order valence-electron chi connectivity index (χ0n) is 8.91. The summed E-state index contributed by atoms with van der Waals surface area (Å²) in [6.45, 7) is 0.479. The number of thiazole rings is 1. The van der Waals surface area contributed by atoms with Crippen LogP contribution in [0.4, 0.5) is 0 Å². The molecule has 0 saturated heterocycles. The fourth-order valence-corrected chi connectivity index (χ4v) is 3.27. The SMILES string of the molecule is NCc1c(Sc2ccccn2)nc2sccn12. The van der Waals surface area contributed by atoms with Crippen molar-refractivity contribution in [2.24, 2.45) is 5.73 Å². The van der Waals surface area contributed by atoms with Gasteiger partial charge in [-0.2, -0.15) is 0 Å². The Labute approximate surface area is 107 Å². The summed E-state index contributed by atoms with van der Waals surface area (Å²) in [5.41, 5.74) is 6.82. The molecule has 0 aliphatic heterocycles. The van der Waals surface area contributed by atoms with Gasteiger partial charge in [-0.1, -0.05) is 6.07 Å². The van der Waals surface area contributed by atoms with Crippen molar-refractivity contribution < 1.29 is 0 Å². The van der Waals surface area contributed by atoms with Gasteiger partial charge >= 0.3 is 0 Å². The molecule has 0 aliphatic rings. The third kappa shape index (κ3) is 1.95. The van der Waals surface area contributed by atoms with E-state index in [1.807, 2.05) is 34.2 Å². The number of nitrogens with zero attached hydrogens (tertiary/aromatic N) is 3. The van der Waals surface area contributed by atoms with Crippen molar-refractivity contribution >= 4 is 28.1 Å². The summed E-state index contributed by atoms with van der Waals surface area (Å²) in [5.74, 6) is 0. The van der Waals surface area contributed by atoms with Crippen molar-refractivity contribution in [2.75, 3.05) is 0 Å². The van der Waals surface area contributed by atoms with E-state index in [1.54, 1.807) is 29.3 Å². The Morgan fingerprint density at radius 3 is 3.12 bits per heavy atom. The van der Waals surface area contributed by atoms with Crippen LogP contribution in [0, 0.1) is 0 Å². The van der Waals surface area contributed by atoms with E-state index < -0.39 is 0 Å². The van der Waals surface area contributed by atoms with Crippen LogP contribution < -0.4 is 5.73 Å². The van der Waals surface area contributed by atoms with Crippen molar-refractivity contribution in [1.29, 1.82) is 0 Å². The molecular weight excluding hydrogens is 252 g/mol. The molecule has 0 radical (unpaired) electrons. The standard InChI is InChI=1S/C11H10N4S2/c12-7-8-10(14-11-15(8)5-6-16-11)17-9-3-1-2-4-13-9/h1-6H,7,12H2. The van der Waals surface area contributed by atoms with Crippen LogP contribution in [0.3, 0.4) is 0 Å². The molecule has 0 fully saturated rings. The van der Waals surface area contributed by atoms with Crippen molar-refractivity contribution in [3.8, 4) is 0 Å². The van der Waals surface area contributed by atoms with Crippen molar-refractivity contribution in [3.05, 3.63) is 41.7 Å². The maximum absolute atomic E-state index is 5.78. The molecule has 3 aromatic rings. The van der Waals surface area contributed by atoms with Gasteiger partial charge in [0.25, 0.3) is 0 Å². The smallest absolute Gasteiger partial charge is 0.194 e.